The van der Waals surface area contributed by atoms with Crippen LogP contribution >= 0.6 is 0 Å². The molecule has 0 spiro atoms. The van der Waals surface area contributed by atoms with Gasteiger partial charge in [0.15, 0.2) is 0 Å². The standard InChI is InChI=1S/C13H14O3/c1-16-13(15)10-6-7-11-9(8-10)4-2-3-5-12(11)14/h5-8,14H,2-4H2,1H3. The minimum Gasteiger partial charge on any atom is -0.508 e. The summed E-state index contributed by atoms with van der Waals surface area (Å²) in [6.07, 6.45) is 4.56. The van der Waals surface area contributed by atoms with Crippen molar-refractivity contribution in [1.29, 1.82) is 0 Å². The molecule has 84 valence electrons. The number of benzene rings is 1. The SMILES string of the molecule is COC(=O)c1ccc2c(c1)CCCC=C2O. The van der Waals surface area contributed by atoms with Gasteiger partial charge in [0.25, 0.3) is 0 Å². The molecule has 1 aliphatic rings. The molecule has 0 atom stereocenters. The normalized spacial score (nSPS) is 14.7. The van der Waals surface area contributed by atoms with Crippen molar-refractivity contribution in [3.05, 3.63) is 41.0 Å². The van der Waals surface area contributed by atoms with Crippen molar-refractivity contribution in [2.45, 2.75) is 19.3 Å². The van der Waals surface area contributed by atoms with Crippen LogP contribution in [0, 0.1) is 0 Å². The summed E-state index contributed by atoms with van der Waals surface area (Å²) in [7, 11) is 1.37. The zero-order valence-corrected chi connectivity index (χ0v) is 9.19. The van der Waals surface area contributed by atoms with Crippen molar-refractivity contribution in [2.75, 3.05) is 7.11 Å². The zero-order chi connectivity index (χ0) is 11.5. The highest BCUT2D eigenvalue weighted by molar-refractivity contribution is 5.90. The first-order valence-electron chi connectivity index (χ1n) is 5.33. The van der Waals surface area contributed by atoms with Gasteiger partial charge in [0.05, 0.1) is 12.7 Å². The van der Waals surface area contributed by atoms with Crippen LogP contribution in [0.4, 0.5) is 0 Å². The van der Waals surface area contributed by atoms with Gasteiger partial charge in [-0.2, -0.15) is 0 Å². The first kappa shape index (κ1) is 10.7. The van der Waals surface area contributed by atoms with Crippen molar-refractivity contribution < 1.29 is 14.6 Å². The van der Waals surface area contributed by atoms with E-state index in [9.17, 15) is 9.90 Å². The largest absolute Gasteiger partial charge is 0.508 e. The number of fused-ring (bicyclic) bond motifs is 1. The average molecular weight is 218 g/mol. The summed E-state index contributed by atoms with van der Waals surface area (Å²) in [5.74, 6) is -0.0283. The van der Waals surface area contributed by atoms with Gasteiger partial charge in [-0.25, -0.2) is 4.79 Å². The Kier molecular flexibility index (Phi) is 2.95. The molecule has 0 unspecified atom stereocenters. The van der Waals surface area contributed by atoms with E-state index in [1.807, 2.05) is 6.08 Å². The van der Waals surface area contributed by atoms with Crippen molar-refractivity contribution in [3.63, 3.8) is 0 Å². The van der Waals surface area contributed by atoms with Crippen LogP contribution in [0.3, 0.4) is 0 Å². The molecule has 0 saturated carbocycles. The van der Waals surface area contributed by atoms with Crippen LogP contribution in [-0.2, 0) is 11.2 Å². The van der Waals surface area contributed by atoms with Crippen LogP contribution in [-0.4, -0.2) is 18.2 Å². The summed E-state index contributed by atoms with van der Waals surface area (Å²) in [5.41, 5.74) is 2.37. The van der Waals surface area contributed by atoms with Gasteiger partial charge in [-0.05, 0) is 43.0 Å². The molecule has 3 nitrogen and oxygen atoms in total. The van der Waals surface area contributed by atoms with Gasteiger partial charge in [-0.3, -0.25) is 0 Å². The second-order valence-corrected chi connectivity index (χ2v) is 3.85. The number of aryl methyl sites for hydroxylation is 1. The lowest BCUT2D eigenvalue weighted by Gasteiger charge is -2.08. The highest BCUT2D eigenvalue weighted by Gasteiger charge is 2.13. The molecule has 0 bridgehead atoms. The molecular weight excluding hydrogens is 204 g/mol. The van der Waals surface area contributed by atoms with Gasteiger partial charge in [0.1, 0.15) is 5.76 Å². The van der Waals surface area contributed by atoms with Gasteiger partial charge < -0.3 is 9.84 Å². The zero-order valence-electron chi connectivity index (χ0n) is 9.19. The number of hydrogen-bond acceptors (Lipinski definition) is 3. The van der Waals surface area contributed by atoms with E-state index in [2.05, 4.69) is 4.74 Å². The van der Waals surface area contributed by atoms with Gasteiger partial charge >= 0.3 is 5.97 Å². The number of aliphatic hydroxyl groups is 1. The maximum Gasteiger partial charge on any atom is 0.337 e. The van der Waals surface area contributed by atoms with Gasteiger partial charge in [0.2, 0.25) is 0 Å². The van der Waals surface area contributed by atoms with Crippen molar-refractivity contribution in [3.8, 4) is 0 Å². The summed E-state index contributed by atoms with van der Waals surface area (Å²) in [6.45, 7) is 0. The highest BCUT2D eigenvalue weighted by Crippen LogP contribution is 2.25. The Balaban J connectivity index is 2.43. The van der Waals surface area contributed by atoms with Crippen LogP contribution < -0.4 is 0 Å². The molecule has 0 aliphatic heterocycles. The Bertz CT molecular complexity index is 446. The molecule has 0 saturated heterocycles. The average Bonchev–Trinajstić information content (AvgIpc) is 2.50. The summed E-state index contributed by atoms with van der Waals surface area (Å²) in [5, 5.41) is 9.77. The molecule has 0 aromatic heterocycles. The number of carbonyl (C=O) groups excluding carboxylic acids is 1. The molecule has 3 heteroatoms. The van der Waals surface area contributed by atoms with Crippen LogP contribution in [0.25, 0.3) is 5.76 Å². The Morgan fingerprint density at radius 1 is 1.44 bits per heavy atom. The maximum absolute atomic E-state index is 11.4. The van der Waals surface area contributed by atoms with Gasteiger partial charge in [-0.1, -0.05) is 6.07 Å². The second-order valence-electron chi connectivity index (χ2n) is 3.85. The molecule has 1 aromatic carbocycles. The minimum absolute atomic E-state index is 0.309. The Morgan fingerprint density at radius 3 is 3.00 bits per heavy atom. The summed E-state index contributed by atoms with van der Waals surface area (Å²) >= 11 is 0. The number of carbonyl (C=O) groups is 1. The third-order valence-corrected chi connectivity index (χ3v) is 2.79. The van der Waals surface area contributed by atoms with Crippen molar-refractivity contribution >= 4 is 11.7 Å². The van der Waals surface area contributed by atoms with E-state index in [1.54, 1.807) is 18.2 Å². The fraction of sp³-hybridized carbons (Fsp3) is 0.308. The van der Waals surface area contributed by atoms with E-state index >= 15 is 0 Å². The predicted octanol–water partition coefficient (Wildman–Crippen LogP) is 2.71. The van der Waals surface area contributed by atoms with Crippen molar-refractivity contribution in [1.82, 2.24) is 0 Å². The number of rotatable bonds is 1. The van der Waals surface area contributed by atoms with E-state index in [0.29, 0.717) is 11.3 Å². The molecule has 0 amide bonds. The Labute approximate surface area is 94.4 Å². The van der Waals surface area contributed by atoms with E-state index in [1.165, 1.54) is 7.11 Å². The highest BCUT2D eigenvalue weighted by atomic mass is 16.5. The lowest BCUT2D eigenvalue weighted by molar-refractivity contribution is 0.0600. The third-order valence-electron chi connectivity index (χ3n) is 2.79. The molecule has 1 aromatic rings. The van der Waals surface area contributed by atoms with Crippen molar-refractivity contribution in [2.24, 2.45) is 0 Å². The molecule has 1 aliphatic carbocycles. The van der Waals surface area contributed by atoms with E-state index in [4.69, 9.17) is 0 Å². The summed E-state index contributed by atoms with van der Waals surface area (Å²) < 4.78 is 4.67. The molecule has 0 fully saturated rings. The van der Waals surface area contributed by atoms with Crippen LogP contribution in [0.1, 0.15) is 34.3 Å². The maximum atomic E-state index is 11.4. The number of aliphatic hydroxyl groups excluding tert-OH is 1. The number of ether oxygens (including phenoxy) is 1. The quantitative estimate of drug-likeness (QED) is 0.737. The van der Waals surface area contributed by atoms with E-state index in [-0.39, 0.29) is 5.97 Å². The van der Waals surface area contributed by atoms with Crippen LogP contribution in [0.5, 0.6) is 0 Å². The second kappa shape index (κ2) is 4.39. The third kappa shape index (κ3) is 1.94. The summed E-state index contributed by atoms with van der Waals surface area (Å²) in [4.78, 5) is 11.4. The molecule has 0 heterocycles. The number of allylic oxidation sites excluding steroid dienone is 1. The molecule has 2 rings (SSSR count). The molecule has 0 radical (unpaired) electrons. The monoisotopic (exact) mass is 218 g/mol. The Hall–Kier alpha value is -1.77. The summed E-state index contributed by atoms with van der Waals surface area (Å²) in [6, 6.07) is 5.26. The molecule has 16 heavy (non-hydrogen) atoms. The molecular formula is C13H14O3. The van der Waals surface area contributed by atoms with Gasteiger partial charge in [-0.15, -0.1) is 0 Å². The van der Waals surface area contributed by atoms with Gasteiger partial charge in [0, 0.05) is 5.56 Å². The lowest BCUT2D eigenvalue weighted by atomic mass is 10.0. The smallest absolute Gasteiger partial charge is 0.337 e. The topological polar surface area (TPSA) is 46.5 Å². The first-order chi connectivity index (χ1) is 7.72. The van der Waals surface area contributed by atoms with Crippen LogP contribution in [0.2, 0.25) is 0 Å². The minimum atomic E-state index is -0.337. The first-order valence-corrected chi connectivity index (χ1v) is 5.33. The number of hydrogen-bond donors (Lipinski definition) is 1. The van der Waals surface area contributed by atoms with Crippen LogP contribution in [0.15, 0.2) is 24.3 Å². The fourth-order valence-corrected chi connectivity index (χ4v) is 1.94. The number of esters is 1. The lowest BCUT2D eigenvalue weighted by Crippen LogP contribution is -2.03. The Morgan fingerprint density at radius 2 is 2.25 bits per heavy atom. The number of methoxy groups -OCH3 is 1. The molecule has 1 N–H and O–H groups in total. The van der Waals surface area contributed by atoms with E-state index < -0.39 is 0 Å². The fourth-order valence-electron chi connectivity index (χ4n) is 1.94. The predicted molar refractivity (Wildman–Crippen MR) is 61.3 cm³/mol. The van der Waals surface area contributed by atoms with E-state index in [0.717, 1.165) is 30.4 Å².